The molecule has 1 amide bonds. The average molecular weight is 341 g/mol. The van der Waals surface area contributed by atoms with Crippen molar-refractivity contribution in [3.8, 4) is 11.5 Å². The highest BCUT2D eigenvalue weighted by molar-refractivity contribution is 5.78. The quantitative estimate of drug-likeness (QED) is 0.849. The lowest BCUT2D eigenvalue weighted by Crippen LogP contribution is -2.49. The SMILES string of the molecule is O=C(CN1CCN(Cc2nnc(-c3ccccc3)o2)CC1)NC1CC1. The van der Waals surface area contributed by atoms with Crippen LogP contribution in [-0.2, 0) is 11.3 Å². The molecule has 4 rings (SSSR count). The van der Waals surface area contributed by atoms with Crippen molar-refractivity contribution in [2.24, 2.45) is 0 Å². The molecule has 1 aromatic heterocycles. The van der Waals surface area contributed by atoms with Crippen molar-refractivity contribution < 1.29 is 9.21 Å². The van der Waals surface area contributed by atoms with Gasteiger partial charge in [0.2, 0.25) is 17.7 Å². The molecule has 2 aliphatic rings. The van der Waals surface area contributed by atoms with Crippen LogP contribution in [0.25, 0.3) is 11.5 Å². The topological polar surface area (TPSA) is 74.5 Å². The lowest BCUT2D eigenvalue weighted by atomic mass is 10.2. The van der Waals surface area contributed by atoms with Gasteiger partial charge in [-0.25, -0.2) is 0 Å². The summed E-state index contributed by atoms with van der Waals surface area (Å²) in [7, 11) is 0. The second-order valence-corrected chi connectivity index (χ2v) is 6.76. The molecule has 1 saturated carbocycles. The van der Waals surface area contributed by atoms with Crippen LogP contribution < -0.4 is 5.32 Å². The molecule has 2 heterocycles. The summed E-state index contributed by atoms with van der Waals surface area (Å²) in [5.41, 5.74) is 0.938. The van der Waals surface area contributed by atoms with Crippen molar-refractivity contribution in [1.29, 1.82) is 0 Å². The maximum Gasteiger partial charge on any atom is 0.247 e. The summed E-state index contributed by atoms with van der Waals surface area (Å²) in [6, 6.07) is 10.2. The van der Waals surface area contributed by atoms with Crippen LogP contribution in [0.1, 0.15) is 18.7 Å². The maximum atomic E-state index is 11.9. The minimum Gasteiger partial charge on any atom is -0.419 e. The smallest absolute Gasteiger partial charge is 0.247 e. The van der Waals surface area contributed by atoms with Crippen LogP contribution in [0.2, 0.25) is 0 Å². The molecule has 1 aliphatic heterocycles. The predicted molar refractivity (Wildman–Crippen MR) is 92.6 cm³/mol. The van der Waals surface area contributed by atoms with Gasteiger partial charge in [0.15, 0.2) is 0 Å². The van der Waals surface area contributed by atoms with Crippen molar-refractivity contribution in [3.63, 3.8) is 0 Å². The van der Waals surface area contributed by atoms with Gasteiger partial charge in [0.25, 0.3) is 0 Å². The van der Waals surface area contributed by atoms with E-state index in [1.807, 2.05) is 30.3 Å². The van der Waals surface area contributed by atoms with Gasteiger partial charge < -0.3 is 9.73 Å². The van der Waals surface area contributed by atoms with E-state index in [1.165, 1.54) is 0 Å². The number of carbonyl (C=O) groups is 1. The molecule has 2 fully saturated rings. The molecular formula is C18H23N5O2. The minimum atomic E-state index is 0.153. The zero-order valence-electron chi connectivity index (χ0n) is 14.2. The Hall–Kier alpha value is -2.25. The molecule has 132 valence electrons. The van der Waals surface area contributed by atoms with E-state index in [-0.39, 0.29) is 5.91 Å². The Morgan fingerprint density at radius 2 is 1.80 bits per heavy atom. The number of piperazine rings is 1. The Kier molecular flexibility index (Phi) is 4.76. The fraction of sp³-hybridized carbons (Fsp3) is 0.500. The largest absolute Gasteiger partial charge is 0.419 e. The van der Waals surface area contributed by atoms with Crippen LogP contribution in [0.15, 0.2) is 34.7 Å². The number of benzene rings is 1. The summed E-state index contributed by atoms with van der Waals surface area (Å²) in [4.78, 5) is 16.4. The van der Waals surface area contributed by atoms with Gasteiger partial charge in [-0.2, -0.15) is 0 Å². The highest BCUT2D eigenvalue weighted by Gasteiger charge is 2.25. The Morgan fingerprint density at radius 3 is 2.52 bits per heavy atom. The fourth-order valence-electron chi connectivity index (χ4n) is 3.02. The van der Waals surface area contributed by atoms with Gasteiger partial charge in [0.05, 0.1) is 13.1 Å². The highest BCUT2D eigenvalue weighted by atomic mass is 16.4. The molecule has 0 atom stereocenters. The zero-order chi connectivity index (χ0) is 17.1. The molecule has 1 aliphatic carbocycles. The van der Waals surface area contributed by atoms with E-state index in [2.05, 4.69) is 25.3 Å². The molecule has 0 spiro atoms. The number of hydrogen-bond donors (Lipinski definition) is 1. The average Bonchev–Trinajstić information content (AvgIpc) is 3.32. The molecule has 2 aromatic rings. The summed E-state index contributed by atoms with van der Waals surface area (Å²) >= 11 is 0. The number of hydrogen-bond acceptors (Lipinski definition) is 6. The fourth-order valence-corrected chi connectivity index (χ4v) is 3.02. The second-order valence-electron chi connectivity index (χ2n) is 6.76. The molecule has 0 radical (unpaired) electrons. The van der Waals surface area contributed by atoms with Crippen LogP contribution in [0.4, 0.5) is 0 Å². The van der Waals surface area contributed by atoms with Crippen LogP contribution >= 0.6 is 0 Å². The van der Waals surface area contributed by atoms with Crippen LogP contribution in [-0.4, -0.2) is 64.7 Å². The normalized spacial score (nSPS) is 19.0. The molecule has 7 heteroatoms. The van der Waals surface area contributed by atoms with Crippen LogP contribution in [0.5, 0.6) is 0 Å². The van der Waals surface area contributed by atoms with Crippen molar-refractivity contribution in [3.05, 3.63) is 36.2 Å². The number of nitrogens with one attached hydrogen (secondary N) is 1. The molecule has 7 nitrogen and oxygen atoms in total. The number of carbonyl (C=O) groups excluding carboxylic acids is 1. The van der Waals surface area contributed by atoms with E-state index in [9.17, 15) is 4.79 Å². The van der Waals surface area contributed by atoms with Gasteiger partial charge in [-0.05, 0) is 25.0 Å². The third kappa shape index (κ3) is 4.43. The monoisotopic (exact) mass is 341 g/mol. The van der Waals surface area contributed by atoms with E-state index >= 15 is 0 Å². The first-order valence-electron chi connectivity index (χ1n) is 8.88. The van der Waals surface area contributed by atoms with Gasteiger partial charge in [0.1, 0.15) is 0 Å². The number of amides is 1. The van der Waals surface area contributed by atoms with Crippen molar-refractivity contribution >= 4 is 5.91 Å². The highest BCUT2D eigenvalue weighted by Crippen LogP contribution is 2.19. The van der Waals surface area contributed by atoms with E-state index in [0.717, 1.165) is 44.6 Å². The first-order valence-corrected chi connectivity index (χ1v) is 8.88. The summed E-state index contributed by atoms with van der Waals surface area (Å²) in [5, 5.41) is 11.3. The van der Waals surface area contributed by atoms with Gasteiger partial charge >= 0.3 is 0 Å². The summed E-state index contributed by atoms with van der Waals surface area (Å²) in [6.07, 6.45) is 2.27. The third-order valence-electron chi connectivity index (χ3n) is 4.62. The predicted octanol–water partition coefficient (Wildman–Crippen LogP) is 1.13. The van der Waals surface area contributed by atoms with E-state index in [0.29, 0.717) is 30.9 Å². The molecule has 0 bridgehead atoms. The van der Waals surface area contributed by atoms with E-state index < -0.39 is 0 Å². The Balaban J connectivity index is 1.24. The molecule has 25 heavy (non-hydrogen) atoms. The van der Waals surface area contributed by atoms with Crippen molar-refractivity contribution in [2.75, 3.05) is 32.7 Å². The van der Waals surface area contributed by atoms with Gasteiger partial charge in [-0.15, -0.1) is 10.2 Å². The Morgan fingerprint density at radius 1 is 1.08 bits per heavy atom. The summed E-state index contributed by atoms with van der Waals surface area (Å²) in [5.74, 6) is 1.35. The van der Waals surface area contributed by atoms with Gasteiger partial charge in [0, 0.05) is 37.8 Å². The Labute approximate surface area is 147 Å². The maximum absolute atomic E-state index is 11.9. The van der Waals surface area contributed by atoms with Crippen LogP contribution in [0, 0.1) is 0 Å². The molecule has 0 unspecified atom stereocenters. The second kappa shape index (κ2) is 7.33. The molecule has 1 saturated heterocycles. The third-order valence-corrected chi connectivity index (χ3v) is 4.62. The lowest BCUT2D eigenvalue weighted by Gasteiger charge is -2.33. The van der Waals surface area contributed by atoms with Crippen molar-refractivity contribution in [1.82, 2.24) is 25.3 Å². The first-order chi connectivity index (χ1) is 12.3. The Bertz CT molecular complexity index is 705. The molecule has 1 aromatic carbocycles. The molecule has 1 N–H and O–H groups in total. The minimum absolute atomic E-state index is 0.153. The summed E-state index contributed by atoms with van der Waals surface area (Å²) in [6.45, 7) is 4.74. The number of aromatic nitrogens is 2. The molecular weight excluding hydrogens is 318 g/mol. The van der Waals surface area contributed by atoms with Gasteiger partial charge in [-0.3, -0.25) is 14.6 Å². The lowest BCUT2D eigenvalue weighted by molar-refractivity contribution is -0.122. The standard InChI is InChI=1S/C18H23N5O2/c24-16(19-15-6-7-15)12-22-8-10-23(11-9-22)13-17-20-21-18(25-17)14-4-2-1-3-5-14/h1-5,15H,6-13H2,(H,19,24). The first kappa shape index (κ1) is 16.2. The van der Waals surface area contributed by atoms with Crippen LogP contribution in [0.3, 0.4) is 0 Å². The number of nitrogens with zero attached hydrogens (tertiary/aromatic N) is 4. The van der Waals surface area contributed by atoms with Gasteiger partial charge in [-0.1, -0.05) is 18.2 Å². The van der Waals surface area contributed by atoms with E-state index in [1.54, 1.807) is 0 Å². The number of rotatable bonds is 6. The summed E-state index contributed by atoms with van der Waals surface area (Å²) < 4.78 is 5.77. The van der Waals surface area contributed by atoms with E-state index in [4.69, 9.17) is 4.42 Å². The van der Waals surface area contributed by atoms with Crippen molar-refractivity contribution in [2.45, 2.75) is 25.4 Å². The zero-order valence-corrected chi connectivity index (χ0v) is 14.2.